The van der Waals surface area contributed by atoms with Gasteiger partial charge in [0.1, 0.15) is 11.6 Å². The highest BCUT2D eigenvalue weighted by Crippen LogP contribution is 2.08. The molecule has 1 aromatic carbocycles. The second-order valence-electron chi connectivity index (χ2n) is 4.91. The Labute approximate surface area is 119 Å². The molecule has 0 unspecified atom stereocenters. The lowest BCUT2D eigenvalue weighted by Crippen LogP contribution is -2.23. The molecular weight excluding hydrogens is 250 g/mol. The van der Waals surface area contributed by atoms with Crippen molar-refractivity contribution in [3.05, 3.63) is 58.1 Å². The van der Waals surface area contributed by atoms with Crippen LogP contribution in [0.5, 0.6) is 0 Å². The minimum Gasteiger partial charge on any atom is -0.359 e. The Morgan fingerprint density at radius 2 is 2.00 bits per heavy atom. The minimum absolute atomic E-state index is 0.0817. The summed E-state index contributed by atoms with van der Waals surface area (Å²) in [6, 6.07) is 12.0. The first kappa shape index (κ1) is 14.3. The molecule has 0 aliphatic carbocycles. The van der Waals surface area contributed by atoms with Crippen molar-refractivity contribution in [2.75, 3.05) is 18.5 Å². The van der Waals surface area contributed by atoms with Gasteiger partial charge in [-0.2, -0.15) is 0 Å². The van der Waals surface area contributed by atoms with Crippen molar-refractivity contribution in [1.29, 1.82) is 0 Å². The summed E-state index contributed by atoms with van der Waals surface area (Å²) in [5.41, 5.74) is 1.26. The zero-order valence-electron chi connectivity index (χ0n) is 12.1. The van der Waals surface area contributed by atoms with Crippen LogP contribution in [0.1, 0.15) is 24.7 Å². The predicted octanol–water partition coefficient (Wildman–Crippen LogP) is 2.40. The molecule has 0 spiro atoms. The van der Waals surface area contributed by atoms with E-state index in [-0.39, 0.29) is 5.56 Å². The van der Waals surface area contributed by atoms with Crippen LogP contribution in [0.15, 0.2) is 41.2 Å². The largest absolute Gasteiger partial charge is 0.359 e. The number of hydrogen-bond acceptors (Lipinski definition) is 3. The van der Waals surface area contributed by atoms with E-state index in [1.165, 1.54) is 5.56 Å². The van der Waals surface area contributed by atoms with Crippen LogP contribution < -0.4 is 10.5 Å². The number of aromatic nitrogens is 2. The van der Waals surface area contributed by atoms with Gasteiger partial charge >= 0.3 is 0 Å². The lowest BCUT2D eigenvalue weighted by atomic mass is 10.1. The Morgan fingerprint density at radius 1 is 1.25 bits per heavy atom. The summed E-state index contributed by atoms with van der Waals surface area (Å²) >= 11 is 0. The Kier molecular flexibility index (Phi) is 4.93. The third-order valence-corrected chi connectivity index (χ3v) is 3.30. The first-order chi connectivity index (χ1) is 9.69. The van der Waals surface area contributed by atoms with Crippen molar-refractivity contribution in [3.8, 4) is 0 Å². The first-order valence-electron chi connectivity index (χ1n) is 7.04. The third-order valence-electron chi connectivity index (χ3n) is 3.30. The molecule has 0 amide bonds. The van der Waals surface area contributed by atoms with Crippen LogP contribution in [-0.2, 0) is 12.8 Å². The predicted molar refractivity (Wildman–Crippen MR) is 82.3 cm³/mol. The summed E-state index contributed by atoms with van der Waals surface area (Å²) in [4.78, 5) is 20.8. The maximum Gasteiger partial charge on any atom is 0.252 e. The lowest BCUT2D eigenvalue weighted by Gasteiger charge is -2.18. The van der Waals surface area contributed by atoms with Gasteiger partial charge in [0, 0.05) is 26.1 Å². The van der Waals surface area contributed by atoms with Gasteiger partial charge in [0.15, 0.2) is 0 Å². The molecule has 106 valence electrons. The number of hydrogen-bond donors (Lipinski definition) is 1. The van der Waals surface area contributed by atoms with E-state index in [1.807, 2.05) is 24.9 Å². The number of benzene rings is 1. The van der Waals surface area contributed by atoms with Crippen molar-refractivity contribution >= 4 is 5.82 Å². The maximum absolute atomic E-state index is 11.5. The van der Waals surface area contributed by atoms with Gasteiger partial charge in [0.2, 0.25) is 0 Å². The maximum atomic E-state index is 11.5. The topological polar surface area (TPSA) is 49.0 Å². The van der Waals surface area contributed by atoms with Gasteiger partial charge in [-0.05, 0) is 18.4 Å². The molecule has 0 atom stereocenters. The second kappa shape index (κ2) is 6.89. The highest BCUT2D eigenvalue weighted by Gasteiger charge is 2.05. The average molecular weight is 271 g/mol. The quantitative estimate of drug-likeness (QED) is 0.877. The molecule has 20 heavy (non-hydrogen) atoms. The molecule has 0 radical (unpaired) electrons. The molecule has 0 aliphatic heterocycles. The van der Waals surface area contributed by atoms with Crippen molar-refractivity contribution in [2.24, 2.45) is 0 Å². The summed E-state index contributed by atoms with van der Waals surface area (Å²) in [5, 5.41) is 0. The monoisotopic (exact) mass is 271 g/mol. The standard InChI is InChI=1S/C16H21N3O/c1-3-14-17-15(12-16(20)18-14)19(2)11-7-10-13-8-5-4-6-9-13/h4-6,8-9,12H,3,7,10-11H2,1-2H3,(H,17,18,20). The molecule has 2 aromatic rings. The lowest BCUT2D eigenvalue weighted by molar-refractivity contribution is 0.768. The van der Waals surface area contributed by atoms with Crippen LogP contribution in [0.25, 0.3) is 0 Å². The molecule has 0 fully saturated rings. The Hall–Kier alpha value is -2.10. The molecule has 2 rings (SSSR count). The molecule has 0 saturated heterocycles. The number of anilines is 1. The van der Waals surface area contributed by atoms with Crippen LogP contribution >= 0.6 is 0 Å². The van der Waals surface area contributed by atoms with E-state index < -0.39 is 0 Å². The summed E-state index contributed by atoms with van der Waals surface area (Å²) in [7, 11) is 1.98. The van der Waals surface area contributed by atoms with E-state index in [0.717, 1.165) is 37.4 Å². The van der Waals surface area contributed by atoms with Crippen LogP contribution in [0.3, 0.4) is 0 Å². The summed E-state index contributed by atoms with van der Waals surface area (Å²) in [6.07, 6.45) is 2.81. The van der Waals surface area contributed by atoms with Gasteiger partial charge in [-0.25, -0.2) is 4.98 Å². The summed E-state index contributed by atoms with van der Waals surface area (Å²) in [5.74, 6) is 1.49. The molecule has 4 nitrogen and oxygen atoms in total. The van der Waals surface area contributed by atoms with Crippen LogP contribution in [0, 0.1) is 0 Å². The van der Waals surface area contributed by atoms with Gasteiger partial charge in [0.05, 0.1) is 0 Å². The SMILES string of the molecule is CCc1nc(N(C)CCCc2ccccc2)cc(=O)[nH]1. The van der Waals surface area contributed by atoms with E-state index >= 15 is 0 Å². The van der Waals surface area contributed by atoms with Crippen molar-refractivity contribution in [2.45, 2.75) is 26.2 Å². The Morgan fingerprint density at radius 3 is 2.70 bits per heavy atom. The average Bonchev–Trinajstić information content (AvgIpc) is 2.47. The van der Waals surface area contributed by atoms with Crippen LogP contribution in [0.4, 0.5) is 5.82 Å². The molecule has 1 heterocycles. The van der Waals surface area contributed by atoms with Gasteiger partial charge < -0.3 is 9.88 Å². The van der Waals surface area contributed by atoms with Gasteiger partial charge in [-0.15, -0.1) is 0 Å². The summed E-state index contributed by atoms with van der Waals surface area (Å²) < 4.78 is 0. The minimum atomic E-state index is -0.0817. The smallest absolute Gasteiger partial charge is 0.252 e. The Balaban J connectivity index is 1.93. The summed E-state index contributed by atoms with van der Waals surface area (Å²) in [6.45, 7) is 2.87. The molecule has 1 aromatic heterocycles. The van der Waals surface area contributed by atoms with E-state index in [0.29, 0.717) is 0 Å². The van der Waals surface area contributed by atoms with Crippen molar-refractivity contribution in [3.63, 3.8) is 0 Å². The van der Waals surface area contributed by atoms with E-state index in [9.17, 15) is 4.79 Å². The highest BCUT2D eigenvalue weighted by molar-refractivity contribution is 5.36. The van der Waals surface area contributed by atoms with Gasteiger partial charge in [-0.1, -0.05) is 37.3 Å². The van der Waals surface area contributed by atoms with Crippen LogP contribution in [-0.4, -0.2) is 23.6 Å². The van der Waals surface area contributed by atoms with Gasteiger partial charge in [0.25, 0.3) is 5.56 Å². The van der Waals surface area contributed by atoms with E-state index in [1.54, 1.807) is 6.07 Å². The normalized spacial score (nSPS) is 10.5. The van der Waals surface area contributed by atoms with E-state index in [2.05, 4.69) is 34.2 Å². The van der Waals surface area contributed by atoms with Crippen LogP contribution in [0.2, 0.25) is 0 Å². The molecule has 1 N–H and O–H groups in total. The molecule has 0 saturated carbocycles. The zero-order valence-corrected chi connectivity index (χ0v) is 12.1. The number of aryl methyl sites for hydroxylation is 2. The van der Waals surface area contributed by atoms with Crippen molar-refractivity contribution < 1.29 is 0 Å². The number of nitrogens with one attached hydrogen (secondary N) is 1. The Bertz CT molecular complexity index is 592. The number of H-pyrrole nitrogens is 1. The second-order valence-corrected chi connectivity index (χ2v) is 4.91. The molecule has 0 aliphatic rings. The zero-order chi connectivity index (χ0) is 14.4. The van der Waals surface area contributed by atoms with E-state index in [4.69, 9.17) is 0 Å². The molecule has 4 heteroatoms. The van der Waals surface area contributed by atoms with Crippen molar-refractivity contribution in [1.82, 2.24) is 9.97 Å². The third kappa shape index (κ3) is 3.95. The number of aromatic amines is 1. The number of nitrogens with zero attached hydrogens (tertiary/aromatic N) is 2. The van der Waals surface area contributed by atoms with Gasteiger partial charge in [-0.3, -0.25) is 4.79 Å². The molecular formula is C16H21N3O. The highest BCUT2D eigenvalue weighted by atomic mass is 16.1. The fraction of sp³-hybridized carbons (Fsp3) is 0.375. The number of rotatable bonds is 6. The molecule has 0 bridgehead atoms. The fourth-order valence-electron chi connectivity index (χ4n) is 2.14. The fourth-order valence-corrected chi connectivity index (χ4v) is 2.14. The first-order valence-corrected chi connectivity index (χ1v) is 7.04.